The van der Waals surface area contributed by atoms with Crippen molar-refractivity contribution in [1.82, 2.24) is 15.1 Å². The summed E-state index contributed by atoms with van der Waals surface area (Å²) in [4.78, 5) is 23.6. The van der Waals surface area contributed by atoms with Gasteiger partial charge in [-0.25, -0.2) is 4.68 Å². The first-order chi connectivity index (χ1) is 14.5. The first-order valence-corrected chi connectivity index (χ1v) is 9.94. The molecule has 0 unspecified atom stereocenters. The Morgan fingerprint density at radius 3 is 2.39 bits per heavy atom. The molecule has 1 amide bonds. The minimum Gasteiger partial charge on any atom is -0.322 e. The normalized spacial score (nSPS) is 14.0. The van der Waals surface area contributed by atoms with E-state index in [1.807, 2.05) is 31.2 Å². The highest BCUT2D eigenvalue weighted by molar-refractivity contribution is 6.05. The van der Waals surface area contributed by atoms with Gasteiger partial charge < -0.3 is 10.6 Å². The van der Waals surface area contributed by atoms with E-state index < -0.39 is 4.92 Å². The van der Waals surface area contributed by atoms with Gasteiger partial charge in [-0.2, -0.15) is 5.10 Å². The lowest BCUT2D eigenvalue weighted by Gasteiger charge is -2.24. The van der Waals surface area contributed by atoms with Crippen molar-refractivity contribution in [3.05, 3.63) is 81.7 Å². The van der Waals surface area contributed by atoms with Gasteiger partial charge in [-0.15, -0.1) is 12.4 Å². The molecular formula is C22H24ClN5O3. The number of halogens is 1. The Morgan fingerprint density at radius 1 is 1.13 bits per heavy atom. The summed E-state index contributed by atoms with van der Waals surface area (Å²) in [5, 5.41) is 21.8. The highest BCUT2D eigenvalue weighted by Gasteiger charge is 2.27. The van der Waals surface area contributed by atoms with Crippen LogP contribution in [0.25, 0.3) is 5.69 Å². The summed E-state index contributed by atoms with van der Waals surface area (Å²) >= 11 is 0. The van der Waals surface area contributed by atoms with Crippen molar-refractivity contribution in [2.24, 2.45) is 0 Å². The summed E-state index contributed by atoms with van der Waals surface area (Å²) in [7, 11) is 0. The molecule has 1 aliphatic rings. The highest BCUT2D eigenvalue weighted by Crippen LogP contribution is 2.31. The molecule has 0 atom stereocenters. The summed E-state index contributed by atoms with van der Waals surface area (Å²) in [6.07, 6.45) is 3.37. The molecule has 2 aromatic carbocycles. The predicted molar refractivity (Wildman–Crippen MR) is 121 cm³/mol. The number of amides is 1. The Hall–Kier alpha value is -3.23. The number of hydrogen-bond acceptors (Lipinski definition) is 5. The van der Waals surface area contributed by atoms with Gasteiger partial charge in [0.05, 0.1) is 28.1 Å². The van der Waals surface area contributed by atoms with Crippen molar-refractivity contribution in [2.45, 2.75) is 25.7 Å². The molecule has 0 aliphatic carbocycles. The average Bonchev–Trinajstić information content (AvgIpc) is 3.21. The second kappa shape index (κ2) is 9.72. The van der Waals surface area contributed by atoms with Crippen LogP contribution in [0.3, 0.4) is 0 Å². The number of piperidine rings is 1. The molecule has 9 heteroatoms. The van der Waals surface area contributed by atoms with E-state index in [0.717, 1.165) is 42.9 Å². The number of aryl methyl sites for hydroxylation is 1. The van der Waals surface area contributed by atoms with Crippen molar-refractivity contribution >= 4 is 29.7 Å². The summed E-state index contributed by atoms with van der Waals surface area (Å²) in [5.41, 5.74) is 3.94. The van der Waals surface area contributed by atoms with E-state index in [0.29, 0.717) is 11.3 Å². The zero-order valence-electron chi connectivity index (χ0n) is 17.1. The van der Waals surface area contributed by atoms with Crippen LogP contribution in [0, 0.1) is 17.0 Å². The Labute approximate surface area is 186 Å². The van der Waals surface area contributed by atoms with Gasteiger partial charge in [0.25, 0.3) is 11.6 Å². The number of hydrogen-bond donors (Lipinski definition) is 2. The Balaban J connectivity index is 0.00000272. The maximum Gasteiger partial charge on any atom is 0.269 e. The van der Waals surface area contributed by atoms with Gasteiger partial charge in [0.15, 0.2) is 0 Å². The lowest BCUT2D eigenvalue weighted by molar-refractivity contribution is -0.384. The molecule has 0 bridgehead atoms. The molecule has 0 spiro atoms. The average molecular weight is 442 g/mol. The molecule has 1 aromatic heterocycles. The van der Waals surface area contributed by atoms with Crippen LogP contribution in [0.15, 0.2) is 54.7 Å². The number of nitro groups is 1. The number of nitrogens with one attached hydrogen (secondary N) is 2. The van der Waals surface area contributed by atoms with Gasteiger partial charge in [-0.05, 0) is 57.1 Å². The Morgan fingerprint density at radius 2 is 1.77 bits per heavy atom. The largest absolute Gasteiger partial charge is 0.322 e. The summed E-state index contributed by atoms with van der Waals surface area (Å²) < 4.78 is 1.74. The van der Waals surface area contributed by atoms with Crippen LogP contribution in [0.5, 0.6) is 0 Å². The third-order valence-electron chi connectivity index (χ3n) is 5.39. The third-order valence-corrected chi connectivity index (χ3v) is 5.39. The molecule has 0 radical (unpaired) electrons. The van der Waals surface area contributed by atoms with E-state index in [1.54, 1.807) is 23.0 Å². The molecule has 4 rings (SSSR count). The maximum absolute atomic E-state index is 13.1. The predicted octanol–water partition coefficient (Wildman–Crippen LogP) is 4.23. The molecule has 31 heavy (non-hydrogen) atoms. The van der Waals surface area contributed by atoms with Gasteiger partial charge in [0, 0.05) is 23.7 Å². The van der Waals surface area contributed by atoms with Crippen LogP contribution in [0.4, 0.5) is 11.4 Å². The number of anilines is 1. The molecule has 1 fully saturated rings. The second-order valence-corrected chi connectivity index (χ2v) is 7.47. The first kappa shape index (κ1) is 22.5. The van der Waals surface area contributed by atoms with Crippen LogP contribution in [0.2, 0.25) is 0 Å². The fourth-order valence-electron chi connectivity index (χ4n) is 3.78. The minimum atomic E-state index is -0.430. The molecular weight excluding hydrogens is 418 g/mol. The van der Waals surface area contributed by atoms with E-state index in [-0.39, 0.29) is 29.9 Å². The van der Waals surface area contributed by atoms with Gasteiger partial charge in [0.1, 0.15) is 0 Å². The number of carbonyl (C=O) groups excluding carboxylic acids is 1. The van der Waals surface area contributed by atoms with E-state index >= 15 is 0 Å². The number of rotatable bonds is 5. The first-order valence-electron chi connectivity index (χ1n) is 9.94. The van der Waals surface area contributed by atoms with Crippen LogP contribution < -0.4 is 10.6 Å². The molecule has 3 aromatic rings. The van der Waals surface area contributed by atoms with Crippen LogP contribution in [-0.4, -0.2) is 33.7 Å². The monoisotopic (exact) mass is 441 g/mol. The minimum absolute atomic E-state index is 0. The fourth-order valence-corrected chi connectivity index (χ4v) is 3.78. The molecule has 1 aliphatic heterocycles. The zero-order valence-corrected chi connectivity index (χ0v) is 17.9. The molecule has 162 valence electrons. The zero-order chi connectivity index (χ0) is 21.1. The van der Waals surface area contributed by atoms with Crippen molar-refractivity contribution in [3.63, 3.8) is 0 Å². The second-order valence-electron chi connectivity index (χ2n) is 7.47. The third kappa shape index (κ3) is 4.92. The summed E-state index contributed by atoms with van der Waals surface area (Å²) in [5.74, 6) is -0.0387. The summed E-state index contributed by atoms with van der Waals surface area (Å²) in [6, 6.07) is 13.9. The van der Waals surface area contributed by atoms with Crippen LogP contribution in [0.1, 0.15) is 40.4 Å². The fraction of sp³-hybridized carbons (Fsp3) is 0.273. The standard InChI is InChI=1S/C22H23N5O3.ClH/c1-15-2-4-17(5-3-15)25-22(28)20-14-24-26(21(20)16-10-12-23-13-11-16)18-6-8-19(9-7-18)27(29)30;/h2-9,14,16,23H,10-13H2,1H3,(H,25,28);1H. The van der Waals surface area contributed by atoms with Crippen molar-refractivity contribution in [1.29, 1.82) is 0 Å². The smallest absolute Gasteiger partial charge is 0.269 e. The van der Waals surface area contributed by atoms with Crippen molar-refractivity contribution < 1.29 is 9.72 Å². The molecule has 1 saturated heterocycles. The SMILES string of the molecule is Cc1ccc(NC(=O)c2cnn(-c3ccc([N+](=O)[O-])cc3)c2C2CCNCC2)cc1.Cl. The maximum atomic E-state index is 13.1. The highest BCUT2D eigenvalue weighted by atomic mass is 35.5. The molecule has 8 nitrogen and oxygen atoms in total. The lowest BCUT2D eigenvalue weighted by atomic mass is 9.91. The number of carbonyl (C=O) groups is 1. The summed E-state index contributed by atoms with van der Waals surface area (Å²) in [6.45, 7) is 3.74. The number of benzene rings is 2. The van der Waals surface area contributed by atoms with Gasteiger partial charge in [0.2, 0.25) is 0 Å². The molecule has 2 N–H and O–H groups in total. The van der Waals surface area contributed by atoms with Gasteiger partial charge in [-0.1, -0.05) is 17.7 Å². The Bertz CT molecular complexity index is 1060. The van der Waals surface area contributed by atoms with Crippen molar-refractivity contribution in [2.75, 3.05) is 18.4 Å². The quantitative estimate of drug-likeness (QED) is 0.455. The van der Waals surface area contributed by atoms with Crippen LogP contribution in [-0.2, 0) is 0 Å². The van der Waals surface area contributed by atoms with Crippen molar-refractivity contribution in [3.8, 4) is 5.69 Å². The Kier molecular flexibility index (Phi) is 7.04. The number of non-ortho nitro benzene ring substituents is 1. The topological polar surface area (TPSA) is 102 Å². The van der Waals surface area contributed by atoms with Gasteiger partial charge >= 0.3 is 0 Å². The number of nitrogens with zero attached hydrogens (tertiary/aromatic N) is 3. The van der Waals surface area contributed by atoms with Crippen LogP contribution >= 0.6 is 12.4 Å². The molecule has 2 heterocycles. The van der Waals surface area contributed by atoms with Gasteiger partial charge in [-0.3, -0.25) is 14.9 Å². The molecule has 0 saturated carbocycles. The van der Waals surface area contributed by atoms with E-state index in [4.69, 9.17) is 0 Å². The number of aromatic nitrogens is 2. The lowest BCUT2D eigenvalue weighted by Crippen LogP contribution is -2.29. The number of nitro benzene ring substituents is 1. The van der Waals surface area contributed by atoms with E-state index in [2.05, 4.69) is 15.7 Å². The van der Waals surface area contributed by atoms with E-state index in [1.165, 1.54) is 12.1 Å². The van der Waals surface area contributed by atoms with E-state index in [9.17, 15) is 14.9 Å².